The number of hydrogen-bond donors (Lipinski definition) is 3. The van der Waals surface area contributed by atoms with Crippen LogP contribution < -0.4 is 5.32 Å². The number of hydrogen-bond acceptors (Lipinski definition) is 4. The molecule has 110 valence electrons. The lowest BCUT2D eigenvalue weighted by atomic mass is 10.0. The first kappa shape index (κ1) is 12.6. The molecule has 0 spiro atoms. The van der Waals surface area contributed by atoms with E-state index in [9.17, 15) is 4.79 Å². The Kier molecular flexibility index (Phi) is 2.99. The van der Waals surface area contributed by atoms with Gasteiger partial charge in [-0.25, -0.2) is 0 Å². The van der Waals surface area contributed by atoms with Crippen LogP contribution in [0.2, 0.25) is 0 Å². The lowest BCUT2D eigenvalue weighted by molar-refractivity contribution is 0.0783. The van der Waals surface area contributed by atoms with Gasteiger partial charge >= 0.3 is 0 Å². The van der Waals surface area contributed by atoms with Crippen LogP contribution in [-0.2, 0) is 13.0 Å². The Hall–Kier alpha value is -2.15. The molecule has 0 bridgehead atoms. The number of aromatic amines is 2. The number of carbonyl (C=O) groups excluding carboxylic acids is 1. The number of H-pyrrole nitrogens is 2. The number of amides is 1. The summed E-state index contributed by atoms with van der Waals surface area (Å²) in [5.74, 6) is 0.407. The van der Waals surface area contributed by atoms with Gasteiger partial charge in [0.15, 0.2) is 5.69 Å². The number of nitrogens with zero attached hydrogens (tertiary/aromatic N) is 3. The Morgan fingerprint density at radius 1 is 1.38 bits per heavy atom. The Bertz CT molecular complexity index is 646. The lowest BCUT2D eigenvalue weighted by Crippen LogP contribution is -2.31. The summed E-state index contributed by atoms with van der Waals surface area (Å²) >= 11 is 0. The normalized spacial score (nSPS) is 21.5. The predicted octanol–water partition coefficient (Wildman–Crippen LogP) is 0.408. The minimum atomic E-state index is 0.0522. The van der Waals surface area contributed by atoms with Crippen molar-refractivity contribution >= 4 is 5.91 Å². The van der Waals surface area contributed by atoms with Crippen LogP contribution >= 0.6 is 0 Å². The molecule has 1 fully saturated rings. The first-order valence-electron chi connectivity index (χ1n) is 7.38. The van der Waals surface area contributed by atoms with Crippen LogP contribution in [0.4, 0.5) is 0 Å². The summed E-state index contributed by atoms with van der Waals surface area (Å²) in [4.78, 5) is 14.6. The smallest absolute Gasteiger partial charge is 0.274 e. The molecule has 2 aliphatic rings. The third-order valence-electron chi connectivity index (χ3n) is 4.45. The van der Waals surface area contributed by atoms with Crippen LogP contribution in [0.3, 0.4) is 0 Å². The quantitative estimate of drug-likeness (QED) is 0.746. The maximum Gasteiger partial charge on any atom is 0.274 e. The fourth-order valence-corrected chi connectivity index (χ4v) is 3.26. The van der Waals surface area contributed by atoms with Gasteiger partial charge < -0.3 is 10.2 Å². The van der Waals surface area contributed by atoms with Gasteiger partial charge in [-0.15, -0.1) is 0 Å². The molecule has 4 heterocycles. The Morgan fingerprint density at radius 3 is 3.19 bits per heavy atom. The molecule has 2 aliphatic heterocycles. The van der Waals surface area contributed by atoms with Gasteiger partial charge in [-0.05, 0) is 25.5 Å². The summed E-state index contributed by atoms with van der Waals surface area (Å²) in [6.45, 7) is 3.19. The zero-order chi connectivity index (χ0) is 14.2. The molecule has 2 aromatic rings. The summed E-state index contributed by atoms with van der Waals surface area (Å²) in [6.07, 6.45) is 3.60. The molecule has 1 atom stereocenters. The molecule has 1 unspecified atom stereocenters. The highest BCUT2D eigenvalue weighted by molar-refractivity contribution is 5.94. The van der Waals surface area contributed by atoms with E-state index in [-0.39, 0.29) is 5.91 Å². The van der Waals surface area contributed by atoms with Gasteiger partial charge in [-0.1, -0.05) is 0 Å². The van der Waals surface area contributed by atoms with Gasteiger partial charge in [0.2, 0.25) is 0 Å². The highest BCUT2D eigenvalue weighted by Gasteiger charge is 2.32. The maximum absolute atomic E-state index is 12.7. The van der Waals surface area contributed by atoms with Crippen molar-refractivity contribution < 1.29 is 4.79 Å². The molecule has 4 rings (SSSR count). The van der Waals surface area contributed by atoms with Crippen molar-refractivity contribution in [2.75, 3.05) is 19.6 Å². The SMILES string of the molecule is O=C(c1n[nH]c2c1CCNC2)N1CCC(c2ccn[nH]2)C1. The third kappa shape index (κ3) is 2.13. The van der Waals surface area contributed by atoms with Crippen molar-refractivity contribution in [3.05, 3.63) is 34.9 Å². The van der Waals surface area contributed by atoms with Crippen LogP contribution in [0, 0.1) is 0 Å². The predicted molar refractivity (Wildman–Crippen MR) is 75.8 cm³/mol. The first-order valence-corrected chi connectivity index (χ1v) is 7.38. The van der Waals surface area contributed by atoms with E-state index in [2.05, 4.69) is 25.7 Å². The Morgan fingerprint density at radius 2 is 2.33 bits per heavy atom. The van der Waals surface area contributed by atoms with Crippen molar-refractivity contribution in [3.63, 3.8) is 0 Å². The zero-order valence-electron chi connectivity index (χ0n) is 11.7. The number of likely N-dealkylation sites (tertiary alicyclic amines) is 1. The van der Waals surface area contributed by atoms with Crippen molar-refractivity contribution in [3.8, 4) is 0 Å². The highest BCUT2D eigenvalue weighted by Crippen LogP contribution is 2.27. The minimum Gasteiger partial charge on any atom is -0.337 e. The van der Waals surface area contributed by atoms with Crippen LogP contribution in [-0.4, -0.2) is 50.8 Å². The molecule has 0 saturated carbocycles. The number of carbonyl (C=O) groups is 1. The summed E-state index contributed by atoms with van der Waals surface area (Å²) in [5, 5.41) is 17.5. The molecule has 0 radical (unpaired) electrons. The van der Waals surface area contributed by atoms with Crippen molar-refractivity contribution in [2.45, 2.75) is 25.3 Å². The average Bonchev–Trinajstić information content (AvgIpc) is 3.25. The topological polar surface area (TPSA) is 89.7 Å². The molecule has 7 heteroatoms. The van der Waals surface area contributed by atoms with E-state index < -0.39 is 0 Å². The van der Waals surface area contributed by atoms with E-state index >= 15 is 0 Å². The fourth-order valence-electron chi connectivity index (χ4n) is 3.26. The zero-order valence-corrected chi connectivity index (χ0v) is 11.7. The van der Waals surface area contributed by atoms with Crippen LogP contribution in [0.15, 0.2) is 12.3 Å². The molecular weight excluding hydrogens is 268 g/mol. The van der Waals surface area contributed by atoms with E-state index in [0.717, 1.165) is 56.0 Å². The summed E-state index contributed by atoms with van der Waals surface area (Å²) in [6, 6.07) is 1.99. The average molecular weight is 286 g/mol. The maximum atomic E-state index is 12.7. The molecule has 3 N–H and O–H groups in total. The van der Waals surface area contributed by atoms with Gasteiger partial charge in [0.1, 0.15) is 0 Å². The van der Waals surface area contributed by atoms with E-state index in [1.807, 2.05) is 11.0 Å². The number of fused-ring (bicyclic) bond motifs is 1. The molecule has 2 aromatic heterocycles. The summed E-state index contributed by atoms with van der Waals surface area (Å²) in [7, 11) is 0. The molecule has 0 aliphatic carbocycles. The molecule has 7 nitrogen and oxygen atoms in total. The lowest BCUT2D eigenvalue weighted by Gasteiger charge is -2.17. The first-order chi connectivity index (χ1) is 10.3. The van der Waals surface area contributed by atoms with Crippen molar-refractivity contribution in [1.29, 1.82) is 0 Å². The second-order valence-corrected chi connectivity index (χ2v) is 5.70. The summed E-state index contributed by atoms with van der Waals surface area (Å²) in [5.41, 5.74) is 3.85. The summed E-state index contributed by atoms with van der Waals surface area (Å²) < 4.78 is 0. The Labute approximate surface area is 122 Å². The van der Waals surface area contributed by atoms with E-state index in [1.54, 1.807) is 6.20 Å². The molecule has 1 saturated heterocycles. The fraction of sp³-hybridized carbons (Fsp3) is 0.500. The Balaban J connectivity index is 1.52. The largest absolute Gasteiger partial charge is 0.337 e. The monoisotopic (exact) mass is 286 g/mol. The number of rotatable bonds is 2. The van der Waals surface area contributed by atoms with Crippen molar-refractivity contribution in [2.24, 2.45) is 0 Å². The standard InChI is InChI=1S/C14H18N6O/c21-14(13-10-1-4-15-7-12(10)18-19-13)20-6-3-9(8-20)11-2-5-16-17-11/h2,5,9,15H,1,3-4,6-8H2,(H,16,17)(H,18,19). The van der Waals surface area contributed by atoms with E-state index in [4.69, 9.17) is 0 Å². The third-order valence-corrected chi connectivity index (χ3v) is 4.45. The van der Waals surface area contributed by atoms with Crippen LogP contribution in [0.5, 0.6) is 0 Å². The molecule has 21 heavy (non-hydrogen) atoms. The van der Waals surface area contributed by atoms with Crippen LogP contribution in [0.1, 0.15) is 39.8 Å². The number of nitrogens with one attached hydrogen (secondary N) is 3. The van der Waals surface area contributed by atoms with Gasteiger partial charge in [-0.3, -0.25) is 15.0 Å². The van der Waals surface area contributed by atoms with Gasteiger partial charge in [0.05, 0.1) is 5.69 Å². The number of aromatic nitrogens is 4. The van der Waals surface area contributed by atoms with Gasteiger partial charge in [0.25, 0.3) is 5.91 Å². The highest BCUT2D eigenvalue weighted by atomic mass is 16.2. The molecule has 0 aromatic carbocycles. The van der Waals surface area contributed by atoms with Crippen molar-refractivity contribution in [1.82, 2.24) is 30.6 Å². The second-order valence-electron chi connectivity index (χ2n) is 5.70. The van der Waals surface area contributed by atoms with Gasteiger partial charge in [0, 0.05) is 43.0 Å². The van der Waals surface area contributed by atoms with E-state index in [0.29, 0.717) is 11.6 Å². The second kappa shape index (κ2) is 5.00. The molecule has 1 amide bonds. The minimum absolute atomic E-state index is 0.0522. The van der Waals surface area contributed by atoms with Crippen LogP contribution in [0.25, 0.3) is 0 Å². The van der Waals surface area contributed by atoms with Gasteiger partial charge in [-0.2, -0.15) is 10.2 Å². The molecular formula is C14H18N6O. The van der Waals surface area contributed by atoms with E-state index in [1.165, 1.54) is 0 Å².